The van der Waals surface area contributed by atoms with Gasteiger partial charge in [0, 0.05) is 24.6 Å². The number of hydrogen-bond donors (Lipinski definition) is 2. The number of anilines is 1. The molecule has 0 radical (unpaired) electrons. The molecule has 1 aromatic carbocycles. The Morgan fingerprint density at radius 3 is 2.90 bits per heavy atom. The predicted molar refractivity (Wildman–Crippen MR) is 84.0 cm³/mol. The fraction of sp³-hybridized carbons (Fsp3) is 0.529. The first-order valence-electron chi connectivity index (χ1n) is 7.71. The van der Waals surface area contributed by atoms with Gasteiger partial charge in [-0.15, -0.1) is 0 Å². The molecule has 1 aromatic rings. The quantitative estimate of drug-likeness (QED) is 0.845. The van der Waals surface area contributed by atoms with Crippen LogP contribution in [-0.2, 0) is 16.0 Å². The molecule has 0 aliphatic carbocycles. The van der Waals surface area contributed by atoms with E-state index in [4.69, 9.17) is 0 Å². The molecule has 0 saturated heterocycles. The maximum atomic E-state index is 12.0. The van der Waals surface area contributed by atoms with E-state index in [-0.39, 0.29) is 17.7 Å². The van der Waals surface area contributed by atoms with E-state index in [1.54, 1.807) is 0 Å². The lowest BCUT2D eigenvalue weighted by Gasteiger charge is -2.24. The molecule has 0 saturated carbocycles. The molecule has 4 nitrogen and oxygen atoms in total. The Bertz CT molecular complexity index is 511. The van der Waals surface area contributed by atoms with Crippen molar-refractivity contribution in [2.24, 2.45) is 11.8 Å². The van der Waals surface area contributed by atoms with E-state index < -0.39 is 0 Å². The largest absolute Gasteiger partial charge is 0.356 e. The summed E-state index contributed by atoms with van der Waals surface area (Å²) in [5.74, 6) is 0.563. The van der Waals surface area contributed by atoms with Gasteiger partial charge in [0.05, 0.1) is 0 Å². The minimum absolute atomic E-state index is 0.0312. The second-order valence-corrected chi connectivity index (χ2v) is 6.12. The number of hydrogen-bond acceptors (Lipinski definition) is 2. The summed E-state index contributed by atoms with van der Waals surface area (Å²) in [4.78, 5) is 23.8. The molecule has 1 atom stereocenters. The highest BCUT2D eigenvalue weighted by Gasteiger charge is 2.26. The average Bonchev–Trinajstić information content (AvgIpc) is 2.44. The van der Waals surface area contributed by atoms with E-state index in [9.17, 15) is 9.59 Å². The number of rotatable bonds is 6. The van der Waals surface area contributed by atoms with Crippen molar-refractivity contribution < 1.29 is 9.59 Å². The molecular formula is C17H24N2O2. The van der Waals surface area contributed by atoms with Crippen molar-refractivity contribution in [1.29, 1.82) is 0 Å². The molecule has 0 spiro atoms. The Morgan fingerprint density at radius 1 is 1.38 bits per heavy atom. The van der Waals surface area contributed by atoms with E-state index in [0.29, 0.717) is 18.8 Å². The standard InChI is InChI=1S/C17H24N2O2/c1-12(2)9-10-18-16(20)8-7-14-11-13-5-3-4-6-15(13)19-17(14)21/h3-6,12,14H,7-11H2,1-2H3,(H,18,20)(H,19,21). The van der Waals surface area contributed by atoms with Crippen LogP contribution in [0.15, 0.2) is 24.3 Å². The summed E-state index contributed by atoms with van der Waals surface area (Å²) in [5, 5.41) is 5.84. The highest BCUT2D eigenvalue weighted by atomic mass is 16.2. The van der Waals surface area contributed by atoms with Crippen molar-refractivity contribution in [3.05, 3.63) is 29.8 Å². The lowest BCUT2D eigenvalue weighted by atomic mass is 9.89. The first kappa shape index (κ1) is 15.5. The highest BCUT2D eigenvalue weighted by molar-refractivity contribution is 5.96. The molecule has 2 rings (SSSR count). The Hall–Kier alpha value is -1.84. The summed E-state index contributed by atoms with van der Waals surface area (Å²) < 4.78 is 0. The molecule has 0 aromatic heterocycles. The minimum Gasteiger partial charge on any atom is -0.356 e. The smallest absolute Gasteiger partial charge is 0.227 e. The fourth-order valence-electron chi connectivity index (χ4n) is 2.54. The van der Waals surface area contributed by atoms with Crippen molar-refractivity contribution >= 4 is 17.5 Å². The molecular weight excluding hydrogens is 264 g/mol. The lowest BCUT2D eigenvalue weighted by molar-refractivity contribution is -0.122. The fourth-order valence-corrected chi connectivity index (χ4v) is 2.54. The van der Waals surface area contributed by atoms with E-state index in [2.05, 4.69) is 24.5 Å². The topological polar surface area (TPSA) is 58.2 Å². The maximum absolute atomic E-state index is 12.0. The van der Waals surface area contributed by atoms with Gasteiger partial charge in [-0.1, -0.05) is 32.0 Å². The van der Waals surface area contributed by atoms with Crippen molar-refractivity contribution in [2.45, 2.75) is 39.5 Å². The molecule has 0 bridgehead atoms. The number of fused-ring (bicyclic) bond motifs is 1. The zero-order chi connectivity index (χ0) is 15.2. The summed E-state index contributed by atoms with van der Waals surface area (Å²) in [6.45, 7) is 4.99. The Balaban J connectivity index is 1.79. The van der Waals surface area contributed by atoms with Crippen molar-refractivity contribution in [3.63, 3.8) is 0 Å². The van der Waals surface area contributed by atoms with Crippen LogP contribution in [-0.4, -0.2) is 18.4 Å². The second-order valence-electron chi connectivity index (χ2n) is 6.12. The predicted octanol–water partition coefficient (Wildman–Crippen LogP) is 2.74. The molecule has 1 unspecified atom stereocenters. The van der Waals surface area contributed by atoms with Crippen molar-refractivity contribution in [3.8, 4) is 0 Å². The zero-order valence-electron chi connectivity index (χ0n) is 12.8. The summed E-state index contributed by atoms with van der Waals surface area (Å²) in [6, 6.07) is 7.85. The lowest BCUT2D eigenvalue weighted by Crippen LogP contribution is -2.32. The van der Waals surface area contributed by atoms with Gasteiger partial charge in [0.2, 0.25) is 11.8 Å². The summed E-state index contributed by atoms with van der Waals surface area (Å²) in [7, 11) is 0. The number of carbonyl (C=O) groups excluding carboxylic acids is 2. The van der Waals surface area contributed by atoms with Gasteiger partial charge < -0.3 is 10.6 Å². The molecule has 1 aliphatic heterocycles. The van der Waals surface area contributed by atoms with Gasteiger partial charge in [0.25, 0.3) is 0 Å². The highest BCUT2D eigenvalue weighted by Crippen LogP contribution is 2.27. The molecule has 1 heterocycles. The van der Waals surface area contributed by atoms with E-state index in [1.807, 2.05) is 24.3 Å². The van der Waals surface area contributed by atoms with Gasteiger partial charge in [-0.25, -0.2) is 0 Å². The third-order valence-corrected chi connectivity index (χ3v) is 3.88. The Kier molecular flexibility index (Phi) is 5.37. The molecule has 2 N–H and O–H groups in total. The number of amides is 2. The van der Waals surface area contributed by atoms with Crippen LogP contribution in [0.5, 0.6) is 0 Å². The summed E-state index contributed by atoms with van der Waals surface area (Å²) in [6.07, 6.45) is 2.73. The monoisotopic (exact) mass is 288 g/mol. The van der Waals surface area contributed by atoms with Gasteiger partial charge in [-0.2, -0.15) is 0 Å². The SMILES string of the molecule is CC(C)CCNC(=O)CCC1Cc2ccccc2NC1=O. The first-order valence-corrected chi connectivity index (χ1v) is 7.71. The molecule has 4 heteroatoms. The average molecular weight is 288 g/mol. The first-order chi connectivity index (χ1) is 10.1. The van der Waals surface area contributed by atoms with Crippen LogP contribution < -0.4 is 10.6 Å². The van der Waals surface area contributed by atoms with Gasteiger partial charge >= 0.3 is 0 Å². The van der Waals surface area contributed by atoms with Crippen LogP contribution in [0.3, 0.4) is 0 Å². The van der Waals surface area contributed by atoms with Crippen LogP contribution >= 0.6 is 0 Å². The normalized spacial score (nSPS) is 17.3. The molecule has 1 aliphatic rings. The third-order valence-electron chi connectivity index (χ3n) is 3.88. The van der Waals surface area contributed by atoms with Gasteiger partial charge in [0.1, 0.15) is 0 Å². The zero-order valence-corrected chi connectivity index (χ0v) is 12.8. The Morgan fingerprint density at radius 2 is 2.14 bits per heavy atom. The van der Waals surface area contributed by atoms with Crippen LogP contribution in [0.25, 0.3) is 0 Å². The summed E-state index contributed by atoms with van der Waals surface area (Å²) in [5.41, 5.74) is 2.06. The number of para-hydroxylation sites is 1. The van der Waals surface area contributed by atoms with E-state index in [0.717, 1.165) is 30.6 Å². The number of carbonyl (C=O) groups is 2. The number of benzene rings is 1. The van der Waals surface area contributed by atoms with Crippen LogP contribution in [0, 0.1) is 11.8 Å². The summed E-state index contributed by atoms with van der Waals surface area (Å²) >= 11 is 0. The van der Waals surface area contributed by atoms with E-state index >= 15 is 0 Å². The second kappa shape index (κ2) is 7.25. The Labute approximate surface area is 126 Å². The maximum Gasteiger partial charge on any atom is 0.227 e. The molecule has 21 heavy (non-hydrogen) atoms. The van der Waals surface area contributed by atoms with Crippen LogP contribution in [0.2, 0.25) is 0 Å². The molecule has 0 fully saturated rings. The van der Waals surface area contributed by atoms with Gasteiger partial charge in [-0.3, -0.25) is 9.59 Å². The van der Waals surface area contributed by atoms with Gasteiger partial charge in [-0.05, 0) is 36.8 Å². The van der Waals surface area contributed by atoms with E-state index in [1.165, 1.54) is 0 Å². The van der Waals surface area contributed by atoms with Gasteiger partial charge in [0.15, 0.2) is 0 Å². The number of nitrogens with one attached hydrogen (secondary N) is 2. The van der Waals surface area contributed by atoms with Crippen molar-refractivity contribution in [2.75, 3.05) is 11.9 Å². The minimum atomic E-state index is -0.101. The molecule has 114 valence electrons. The molecule has 2 amide bonds. The van der Waals surface area contributed by atoms with Crippen LogP contribution in [0.1, 0.15) is 38.7 Å². The van der Waals surface area contributed by atoms with Crippen LogP contribution in [0.4, 0.5) is 5.69 Å². The van der Waals surface area contributed by atoms with Crippen molar-refractivity contribution in [1.82, 2.24) is 5.32 Å². The third kappa shape index (κ3) is 4.59.